The molecule has 0 aromatic rings. The Kier molecular flexibility index (Phi) is 22.2. The molecule has 0 heterocycles. The van der Waals surface area contributed by atoms with Crippen LogP contribution in [0.5, 0.6) is 0 Å². The number of hydrogen-bond donors (Lipinski definition) is 1. The van der Waals surface area contributed by atoms with Crippen LogP contribution < -0.4 is 4.98 Å². The summed E-state index contributed by atoms with van der Waals surface area (Å²) in [5.74, 6) is 1.06. The van der Waals surface area contributed by atoms with Crippen molar-refractivity contribution in [2.75, 3.05) is 0 Å². The van der Waals surface area contributed by atoms with Crippen LogP contribution in [0.25, 0.3) is 0 Å². The van der Waals surface area contributed by atoms with Crippen molar-refractivity contribution in [1.82, 2.24) is 4.98 Å². The second-order valence-electron chi connectivity index (χ2n) is 9.64. The van der Waals surface area contributed by atoms with Crippen molar-refractivity contribution in [3.8, 4) is 0 Å². The van der Waals surface area contributed by atoms with E-state index in [1.165, 1.54) is 74.5 Å². The quantitative estimate of drug-likeness (QED) is 0.356. The van der Waals surface area contributed by atoms with Crippen LogP contribution in [0.2, 0.25) is 13.1 Å². The molecule has 2 aliphatic rings. The summed E-state index contributed by atoms with van der Waals surface area (Å²) in [6.45, 7) is 13.8. The van der Waals surface area contributed by atoms with Crippen LogP contribution in [0.15, 0.2) is 21.9 Å². The number of nitrogens with one attached hydrogen (secondary N) is 1. The average Bonchev–Trinajstić information content (AvgIpc) is 2.78. The van der Waals surface area contributed by atoms with E-state index in [0.29, 0.717) is 11.8 Å². The predicted octanol–water partition coefficient (Wildman–Crippen LogP) is 7.06. The molecule has 2 aliphatic carbocycles. The van der Waals surface area contributed by atoms with Gasteiger partial charge in [-0.1, -0.05) is 81.1 Å². The van der Waals surface area contributed by atoms with E-state index in [1.807, 2.05) is 0 Å². The number of allylic oxidation sites excluding steroid dienone is 4. The molecule has 0 spiro atoms. The molecule has 170 valence electrons. The molecule has 1 amide bonds. The third-order valence-corrected chi connectivity index (χ3v) is 10.3. The van der Waals surface area contributed by atoms with Crippen LogP contribution in [-0.2, 0) is 91.7 Å². The van der Waals surface area contributed by atoms with Gasteiger partial charge in [0, 0.05) is 92.8 Å². The van der Waals surface area contributed by atoms with Gasteiger partial charge in [-0.2, -0.15) is 0 Å². The fraction of sp³-hybridized carbons (Fsp3) is 0.792. The third-order valence-electron chi connectivity index (χ3n) is 7.23. The van der Waals surface area contributed by atoms with Gasteiger partial charge in [0.15, 0.2) is 8.24 Å². The first-order valence-corrected chi connectivity index (χ1v) is 14.5. The van der Waals surface area contributed by atoms with E-state index in [9.17, 15) is 4.79 Å². The molecule has 2 rings (SSSR count). The summed E-state index contributed by atoms with van der Waals surface area (Å²) in [5, 5.41) is 1.54. The maximum absolute atomic E-state index is 13.3. The molecular formula is C24H43NOSiTi4. The fourth-order valence-electron chi connectivity index (χ4n) is 5.28. The molecule has 0 radical (unpaired) electrons. The number of carbonyl (C=O) groups is 1. The van der Waals surface area contributed by atoms with E-state index in [4.69, 9.17) is 0 Å². The first-order chi connectivity index (χ1) is 12.8. The van der Waals surface area contributed by atoms with E-state index in [0.717, 1.165) is 12.8 Å². The molecule has 1 atom stereocenters. The van der Waals surface area contributed by atoms with Gasteiger partial charge in [-0.15, -0.1) is 0 Å². The molecule has 0 aromatic carbocycles. The van der Waals surface area contributed by atoms with Gasteiger partial charge in [0.05, 0.1) is 0 Å². The molecule has 1 unspecified atom stereocenters. The van der Waals surface area contributed by atoms with Gasteiger partial charge in [0.2, 0.25) is 5.91 Å². The first kappa shape index (κ1) is 37.6. The maximum Gasteiger partial charge on any atom is 0.215 e. The molecule has 0 aliphatic heterocycles. The van der Waals surface area contributed by atoms with Gasteiger partial charge >= 0.3 is 0 Å². The molecule has 0 saturated heterocycles. The fourth-order valence-corrected chi connectivity index (χ4v) is 8.66. The van der Waals surface area contributed by atoms with Crippen molar-refractivity contribution < 1.29 is 91.7 Å². The van der Waals surface area contributed by atoms with Crippen molar-refractivity contribution in [3.63, 3.8) is 0 Å². The van der Waals surface area contributed by atoms with Gasteiger partial charge in [-0.3, -0.25) is 4.79 Å². The van der Waals surface area contributed by atoms with Crippen LogP contribution in [-0.4, -0.2) is 14.1 Å². The average molecular weight is 581 g/mol. The minimum absolute atomic E-state index is 0. The van der Waals surface area contributed by atoms with E-state index in [-0.39, 0.29) is 92.8 Å². The minimum Gasteiger partial charge on any atom is -0.378 e. The predicted molar refractivity (Wildman–Crippen MR) is 120 cm³/mol. The normalized spacial score (nSPS) is 21.4. The van der Waals surface area contributed by atoms with E-state index in [2.05, 4.69) is 45.8 Å². The van der Waals surface area contributed by atoms with Gasteiger partial charge in [-0.25, -0.2) is 0 Å². The third kappa shape index (κ3) is 11.1. The molecule has 2 nitrogen and oxygen atoms in total. The number of amides is 1. The van der Waals surface area contributed by atoms with Crippen LogP contribution in [0, 0.1) is 11.8 Å². The summed E-state index contributed by atoms with van der Waals surface area (Å²) < 4.78 is 0. The molecular weight excluding hydrogens is 538 g/mol. The van der Waals surface area contributed by atoms with Gasteiger partial charge < -0.3 is 4.98 Å². The Balaban J connectivity index is -0.00000196. The van der Waals surface area contributed by atoms with Crippen molar-refractivity contribution in [1.29, 1.82) is 0 Å². The summed E-state index contributed by atoms with van der Waals surface area (Å²) in [5.41, 5.74) is 4.37. The molecule has 1 saturated carbocycles. The maximum atomic E-state index is 13.3. The SMILES string of the molecule is CC1=C(C)C(C)C([Si](C)(C)NC(=O)C2CCCCCCCCCCC2)=C1C.[Ti].[Ti].[Ti].[Ti]. The van der Waals surface area contributed by atoms with E-state index >= 15 is 0 Å². The topological polar surface area (TPSA) is 29.1 Å². The van der Waals surface area contributed by atoms with Crippen LogP contribution >= 0.6 is 0 Å². The zero-order valence-electron chi connectivity index (χ0n) is 20.8. The second-order valence-corrected chi connectivity index (χ2v) is 13.7. The molecule has 7 heteroatoms. The van der Waals surface area contributed by atoms with Crippen molar-refractivity contribution in [2.45, 2.75) is 111 Å². The summed E-state index contributed by atoms with van der Waals surface area (Å²) in [4.78, 5) is 16.8. The Morgan fingerprint density at radius 2 is 1.13 bits per heavy atom. The van der Waals surface area contributed by atoms with Gasteiger partial charge in [0.25, 0.3) is 0 Å². The standard InChI is InChI=1S/C24H43NOSi.4Ti/c1-18-19(2)21(4)23(20(18)3)27(5,6)25-24(26)22-16-14-12-10-8-7-9-11-13-15-17-22;;;;/h20,22H,7-17H2,1-6H3,(H,25,26);;;;. The molecule has 0 bridgehead atoms. The second kappa shape index (κ2) is 18.3. The van der Waals surface area contributed by atoms with Crippen LogP contribution in [0.1, 0.15) is 98.3 Å². The number of rotatable bonds is 3. The monoisotopic (exact) mass is 581 g/mol. The van der Waals surface area contributed by atoms with E-state index in [1.54, 1.807) is 5.20 Å². The Morgan fingerprint density at radius 1 is 0.742 bits per heavy atom. The van der Waals surface area contributed by atoms with Gasteiger partial charge in [0.1, 0.15) is 0 Å². The Hall–Kier alpha value is 2.02. The van der Waals surface area contributed by atoms with Crippen LogP contribution in [0.4, 0.5) is 0 Å². The zero-order valence-corrected chi connectivity index (χ0v) is 28.1. The van der Waals surface area contributed by atoms with Crippen LogP contribution in [0.3, 0.4) is 0 Å². The number of carbonyl (C=O) groups excluding carboxylic acids is 1. The van der Waals surface area contributed by atoms with Gasteiger partial charge in [-0.05, 0) is 58.2 Å². The summed E-state index contributed by atoms with van der Waals surface area (Å²) >= 11 is 0. The largest absolute Gasteiger partial charge is 0.378 e. The summed E-state index contributed by atoms with van der Waals surface area (Å²) in [7, 11) is -1.96. The minimum atomic E-state index is -1.96. The smallest absolute Gasteiger partial charge is 0.215 e. The summed E-state index contributed by atoms with van der Waals surface area (Å²) in [6.07, 6.45) is 14.1. The zero-order chi connectivity index (χ0) is 20.0. The Bertz CT molecular complexity index is 592. The van der Waals surface area contributed by atoms with Crippen molar-refractivity contribution >= 4 is 14.1 Å². The van der Waals surface area contributed by atoms with Crippen molar-refractivity contribution in [2.24, 2.45) is 11.8 Å². The van der Waals surface area contributed by atoms with E-state index < -0.39 is 8.24 Å². The van der Waals surface area contributed by atoms with Crippen molar-refractivity contribution in [3.05, 3.63) is 21.9 Å². The molecule has 31 heavy (non-hydrogen) atoms. The molecule has 0 aromatic heterocycles. The molecule has 1 N–H and O–H groups in total. The molecule has 1 fully saturated rings. The Labute approximate surface area is 253 Å². The summed E-state index contributed by atoms with van der Waals surface area (Å²) in [6, 6.07) is 0. The number of hydrogen-bond acceptors (Lipinski definition) is 1. The Morgan fingerprint density at radius 3 is 1.48 bits per heavy atom. The first-order valence-electron chi connectivity index (χ1n) is 11.5.